The molecule has 13 heavy (non-hydrogen) atoms. The smallest absolute Gasteiger partial charge is 0.218 e. The minimum Gasteiger partial charge on any atom is -0.218 e. The normalized spacial score (nSPS) is 10.4. The molecule has 0 spiro atoms. The van der Waals surface area contributed by atoms with E-state index in [9.17, 15) is 0 Å². The van der Waals surface area contributed by atoms with E-state index in [0.717, 1.165) is 37.2 Å². The van der Waals surface area contributed by atoms with Gasteiger partial charge in [0.2, 0.25) is 0 Å². The second kappa shape index (κ2) is 5.00. The van der Waals surface area contributed by atoms with Crippen molar-refractivity contribution in [2.75, 3.05) is 0 Å². The second-order valence-corrected chi connectivity index (χ2v) is 3.57. The van der Waals surface area contributed by atoms with Gasteiger partial charge in [0.15, 0.2) is 0 Å². The molecule has 0 atom stereocenters. The molecular formula is C12H19O+. The first-order valence-corrected chi connectivity index (χ1v) is 5.18. The van der Waals surface area contributed by atoms with Gasteiger partial charge in [-0.05, 0) is 25.3 Å². The molecule has 0 saturated heterocycles. The molecule has 1 heteroatoms. The Labute approximate surface area is 80.8 Å². The Morgan fingerprint density at radius 3 is 1.85 bits per heavy atom. The van der Waals surface area contributed by atoms with Crippen molar-refractivity contribution >= 4 is 0 Å². The van der Waals surface area contributed by atoms with Crippen molar-refractivity contribution in [3.8, 4) is 0 Å². The van der Waals surface area contributed by atoms with Gasteiger partial charge < -0.3 is 0 Å². The molecule has 0 aliphatic rings. The third kappa shape index (κ3) is 3.17. The van der Waals surface area contributed by atoms with Crippen LogP contribution in [0.4, 0.5) is 0 Å². The van der Waals surface area contributed by atoms with Gasteiger partial charge in [-0.15, -0.1) is 0 Å². The van der Waals surface area contributed by atoms with Crippen LogP contribution in [0.25, 0.3) is 0 Å². The number of rotatable bonds is 4. The van der Waals surface area contributed by atoms with Crippen molar-refractivity contribution < 1.29 is 4.42 Å². The van der Waals surface area contributed by atoms with E-state index in [1.54, 1.807) is 0 Å². The first-order chi connectivity index (χ1) is 6.26. The molecule has 0 bridgehead atoms. The molecule has 1 aromatic rings. The summed E-state index contributed by atoms with van der Waals surface area (Å²) in [5.74, 6) is 2.26. The Morgan fingerprint density at radius 2 is 1.46 bits per heavy atom. The van der Waals surface area contributed by atoms with Crippen LogP contribution in [0, 0.1) is 6.92 Å². The standard InChI is InChI=1S/C12H19O/c1-4-6-11-8-10(3)9-12(13-11)7-5-2/h8-9H,4-7H2,1-3H3/q+1. The van der Waals surface area contributed by atoms with Crippen molar-refractivity contribution in [2.45, 2.75) is 46.5 Å². The predicted octanol–water partition coefficient (Wildman–Crippen LogP) is 3.77. The quantitative estimate of drug-likeness (QED) is 0.640. The molecule has 1 nitrogen and oxygen atoms in total. The van der Waals surface area contributed by atoms with Crippen molar-refractivity contribution in [2.24, 2.45) is 0 Å². The SMILES string of the molecule is CCCc1cc(C)cc(CCC)[o+]1. The highest BCUT2D eigenvalue weighted by Gasteiger charge is 2.12. The first kappa shape index (κ1) is 10.2. The van der Waals surface area contributed by atoms with Crippen LogP contribution in [0.1, 0.15) is 43.8 Å². The van der Waals surface area contributed by atoms with Crippen LogP contribution in [0.15, 0.2) is 16.5 Å². The average molecular weight is 179 g/mol. The fourth-order valence-electron chi connectivity index (χ4n) is 1.52. The highest BCUT2D eigenvalue weighted by molar-refractivity contribution is 5.16. The summed E-state index contributed by atoms with van der Waals surface area (Å²) in [7, 11) is 0. The summed E-state index contributed by atoms with van der Waals surface area (Å²) >= 11 is 0. The van der Waals surface area contributed by atoms with Crippen LogP contribution in [0.5, 0.6) is 0 Å². The van der Waals surface area contributed by atoms with E-state index >= 15 is 0 Å². The second-order valence-electron chi connectivity index (χ2n) is 3.57. The Bertz CT molecular complexity index is 242. The topological polar surface area (TPSA) is 11.3 Å². The molecule has 0 saturated carbocycles. The monoisotopic (exact) mass is 179 g/mol. The fraction of sp³-hybridized carbons (Fsp3) is 0.583. The molecule has 0 aliphatic carbocycles. The van der Waals surface area contributed by atoms with E-state index < -0.39 is 0 Å². The zero-order valence-corrected chi connectivity index (χ0v) is 8.89. The molecular weight excluding hydrogens is 160 g/mol. The Balaban J connectivity index is 2.83. The average Bonchev–Trinajstić information content (AvgIpc) is 2.04. The summed E-state index contributed by atoms with van der Waals surface area (Å²) in [6.07, 6.45) is 4.41. The maximum atomic E-state index is 5.74. The lowest BCUT2D eigenvalue weighted by molar-refractivity contribution is 0.441. The van der Waals surface area contributed by atoms with Gasteiger partial charge >= 0.3 is 11.5 Å². The van der Waals surface area contributed by atoms with Crippen LogP contribution < -0.4 is 0 Å². The zero-order chi connectivity index (χ0) is 9.68. The summed E-state index contributed by atoms with van der Waals surface area (Å²) in [5.41, 5.74) is 1.32. The van der Waals surface area contributed by atoms with Gasteiger partial charge in [-0.1, -0.05) is 13.8 Å². The maximum absolute atomic E-state index is 5.74. The number of hydrogen-bond donors (Lipinski definition) is 0. The van der Waals surface area contributed by atoms with Crippen LogP contribution in [0.3, 0.4) is 0 Å². The lowest BCUT2D eigenvalue weighted by atomic mass is 10.1. The van der Waals surface area contributed by atoms with Gasteiger partial charge in [0.05, 0.1) is 12.8 Å². The Hall–Kier alpha value is -0.850. The van der Waals surface area contributed by atoms with Gasteiger partial charge in [0, 0.05) is 12.1 Å². The highest BCUT2D eigenvalue weighted by atomic mass is 16.3. The maximum Gasteiger partial charge on any atom is 0.329 e. The van der Waals surface area contributed by atoms with E-state index in [1.165, 1.54) is 5.56 Å². The summed E-state index contributed by atoms with van der Waals surface area (Å²) < 4.78 is 5.74. The van der Waals surface area contributed by atoms with Crippen LogP contribution in [0.2, 0.25) is 0 Å². The van der Waals surface area contributed by atoms with E-state index in [-0.39, 0.29) is 0 Å². The van der Waals surface area contributed by atoms with Gasteiger partial charge in [-0.2, -0.15) is 0 Å². The third-order valence-electron chi connectivity index (χ3n) is 2.03. The molecule has 1 aromatic heterocycles. The van der Waals surface area contributed by atoms with Gasteiger partial charge in [0.25, 0.3) is 0 Å². The number of aryl methyl sites for hydroxylation is 3. The summed E-state index contributed by atoms with van der Waals surface area (Å²) in [6.45, 7) is 6.49. The number of hydrogen-bond acceptors (Lipinski definition) is 0. The first-order valence-electron chi connectivity index (χ1n) is 5.18. The molecule has 0 unspecified atom stereocenters. The van der Waals surface area contributed by atoms with Gasteiger partial charge in [-0.3, -0.25) is 0 Å². The Kier molecular flexibility index (Phi) is 3.94. The van der Waals surface area contributed by atoms with E-state index in [4.69, 9.17) is 4.42 Å². The zero-order valence-electron chi connectivity index (χ0n) is 8.89. The molecule has 1 rings (SSSR count). The van der Waals surface area contributed by atoms with Crippen LogP contribution in [-0.4, -0.2) is 0 Å². The molecule has 0 fully saturated rings. The van der Waals surface area contributed by atoms with E-state index in [1.807, 2.05) is 0 Å². The van der Waals surface area contributed by atoms with E-state index in [0.29, 0.717) is 0 Å². The molecule has 0 amide bonds. The van der Waals surface area contributed by atoms with E-state index in [2.05, 4.69) is 32.9 Å². The molecule has 72 valence electrons. The summed E-state index contributed by atoms with van der Waals surface area (Å²) in [4.78, 5) is 0. The molecule has 0 aliphatic heterocycles. The minimum absolute atomic E-state index is 1.05. The van der Waals surface area contributed by atoms with Crippen molar-refractivity contribution in [1.82, 2.24) is 0 Å². The molecule has 0 radical (unpaired) electrons. The highest BCUT2D eigenvalue weighted by Crippen LogP contribution is 2.12. The third-order valence-corrected chi connectivity index (χ3v) is 2.03. The lowest BCUT2D eigenvalue weighted by Gasteiger charge is -1.93. The molecule has 0 aromatic carbocycles. The van der Waals surface area contributed by atoms with Crippen LogP contribution in [-0.2, 0) is 12.8 Å². The predicted molar refractivity (Wildman–Crippen MR) is 55.8 cm³/mol. The Morgan fingerprint density at radius 1 is 1.00 bits per heavy atom. The van der Waals surface area contributed by atoms with Crippen molar-refractivity contribution in [1.29, 1.82) is 0 Å². The molecule has 0 N–H and O–H groups in total. The van der Waals surface area contributed by atoms with Gasteiger partial charge in [-0.25, -0.2) is 4.42 Å². The van der Waals surface area contributed by atoms with Crippen LogP contribution >= 0.6 is 0 Å². The van der Waals surface area contributed by atoms with Crippen molar-refractivity contribution in [3.63, 3.8) is 0 Å². The minimum atomic E-state index is 1.05. The fourth-order valence-corrected chi connectivity index (χ4v) is 1.52. The summed E-state index contributed by atoms with van der Waals surface area (Å²) in [5, 5.41) is 0. The molecule has 1 heterocycles. The largest absolute Gasteiger partial charge is 0.329 e. The lowest BCUT2D eigenvalue weighted by Crippen LogP contribution is -1.90. The summed E-state index contributed by atoms with van der Waals surface area (Å²) in [6, 6.07) is 4.28. The van der Waals surface area contributed by atoms with Gasteiger partial charge in [0.1, 0.15) is 0 Å². The van der Waals surface area contributed by atoms with Crippen molar-refractivity contribution in [3.05, 3.63) is 29.2 Å².